The summed E-state index contributed by atoms with van der Waals surface area (Å²) in [4.78, 5) is 14.1. The van der Waals surface area contributed by atoms with Gasteiger partial charge in [0.15, 0.2) is 0 Å². The van der Waals surface area contributed by atoms with Gasteiger partial charge in [-0.3, -0.25) is 4.79 Å². The lowest BCUT2D eigenvalue weighted by Gasteiger charge is -2.30. The van der Waals surface area contributed by atoms with Crippen molar-refractivity contribution in [3.05, 3.63) is 29.8 Å². The van der Waals surface area contributed by atoms with E-state index in [-0.39, 0.29) is 17.3 Å². The molecule has 0 spiro atoms. The summed E-state index contributed by atoms with van der Waals surface area (Å²) in [6.45, 7) is 11.1. The number of nitrogens with zero attached hydrogens (tertiary/aromatic N) is 1. The van der Waals surface area contributed by atoms with Crippen LogP contribution in [0.5, 0.6) is 0 Å². The molecule has 0 aromatic heterocycles. The Kier molecular flexibility index (Phi) is 7.59. The van der Waals surface area contributed by atoms with Gasteiger partial charge in [-0.05, 0) is 57.4 Å². The van der Waals surface area contributed by atoms with Crippen molar-refractivity contribution in [1.82, 2.24) is 9.62 Å². The average molecular weight is 370 g/mol. The monoisotopic (exact) mass is 369 g/mol. The first kappa shape index (κ1) is 21.6. The zero-order valence-electron chi connectivity index (χ0n) is 15.9. The first-order valence-corrected chi connectivity index (χ1v) is 10.2. The van der Waals surface area contributed by atoms with E-state index in [0.717, 1.165) is 0 Å². The third-order valence-electron chi connectivity index (χ3n) is 4.15. The predicted molar refractivity (Wildman–Crippen MR) is 101 cm³/mol. The van der Waals surface area contributed by atoms with Crippen LogP contribution in [-0.2, 0) is 10.0 Å². The van der Waals surface area contributed by atoms with Crippen LogP contribution in [0.2, 0.25) is 0 Å². The van der Waals surface area contributed by atoms with Crippen LogP contribution in [0.25, 0.3) is 0 Å². The number of carbonyl (C=O) groups is 1. The van der Waals surface area contributed by atoms with Gasteiger partial charge in [0.25, 0.3) is 5.91 Å². The highest BCUT2D eigenvalue weighted by atomic mass is 32.2. The third kappa shape index (κ3) is 5.80. The van der Waals surface area contributed by atoms with Gasteiger partial charge in [0.1, 0.15) is 0 Å². The van der Waals surface area contributed by atoms with Gasteiger partial charge in [-0.15, -0.1) is 0 Å². The summed E-state index contributed by atoms with van der Waals surface area (Å²) in [5.41, 5.74) is 5.56. The van der Waals surface area contributed by atoms with Crippen LogP contribution in [0.4, 0.5) is 0 Å². The Morgan fingerprint density at radius 3 is 2.12 bits per heavy atom. The van der Waals surface area contributed by atoms with Gasteiger partial charge in [0.05, 0.1) is 4.90 Å². The minimum atomic E-state index is -3.70. The Balaban J connectivity index is 3.02. The zero-order chi connectivity index (χ0) is 19.3. The Morgan fingerprint density at radius 1 is 1.20 bits per heavy atom. The smallest absolute Gasteiger partial charge is 0.253 e. The van der Waals surface area contributed by atoms with Crippen molar-refractivity contribution in [2.45, 2.75) is 51.5 Å². The lowest BCUT2D eigenvalue weighted by atomic mass is 9.92. The molecule has 1 atom stereocenters. The van der Waals surface area contributed by atoms with Crippen LogP contribution in [-0.4, -0.2) is 44.4 Å². The fourth-order valence-electron chi connectivity index (χ4n) is 2.92. The van der Waals surface area contributed by atoms with Crippen LogP contribution < -0.4 is 10.5 Å². The van der Waals surface area contributed by atoms with Crippen LogP contribution in [0.3, 0.4) is 0 Å². The molecule has 0 aliphatic carbocycles. The average Bonchev–Trinajstić information content (AvgIpc) is 2.54. The van der Waals surface area contributed by atoms with Gasteiger partial charge in [-0.1, -0.05) is 13.8 Å². The van der Waals surface area contributed by atoms with Crippen molar-refractivity contribution in [1.29, 1.82) is 0 Å². The summed E-state index contributed by atoms with van der Waals surface area (Å²) < 4.78 is 28.0. The lowest BCUT2D eigenvalue weighted by Crippen LogP contribution is -2.51. The largest absolute Gasteiger partial charge is 0.339 e. The zero-order valence-corrected chi connectivity index (χ0v) is 16.7. The number of hydrogen-bond donors (Lipinski definition) is 2. The topological polar surface area (TPSA) is 92.5 Å². The quantitative estimate of drug-likeness (QED) is 0.698. The molecule has 1 aromatic rings. The number of rotatable bonds is 9. The second-order valence-corrected chi connectivity index (χ2v) is 8.65. The number of benzene rings is 1. The van der Waals surface area contributed by atoms with E-state index in [1.807, 2.05) is 34.6 Å². The number of nitrogens with two attached hydrogens (primary N) is 1. The van der Waals surface area contributed by atoms with Crippen molar-refractivity contribution < 1.29 is 13.2 Å². The molecule has 1 amide bonds. The van der Waals surface area contributed by atoms with E-state index in [0.29, 0.717) is 31.0 Å². The Morgan fingerprint density at radius 2 is 1.72 bits per heavy atom. The number of sulfonamides is 1. The van der Waals surface area contributed by atoms with Crippen molar-refractivity contribution in [3.8, 4) is 0 Å². The van der Waals surface area contributed by atoms with Crippen molar-refractivity contribution in [2.24, 2.45) is 11.7 Å². The van der Waals surface area contributed by atoms with Gasteiger partial charge in [0, 0.05) is 30.7 Å². The summed E-state index contributed by atoms with van der Waals surface area (Å²) in [7, 11) is -3.70. The predicted octanol–water partition coefficient (Wildman–Crippen LogP) is 2.21. The van der Waals surface area contributed by atoms with E-state index >= 15 is 0 Å². The molecule has 1 aromatic carbocycles. The molecule has 1 rings (SSSR count). The molecule has 0 fully saturated rings. The van der Waals surface area contributed by atoms with E-state index in [9.17, 15) is 13.2 Å². The van der Waals surface area contributed by atoms with E-state index in [1.54, 1.807) is 17.0 Å². The molecule has 0 heterocycles. The molecule has 25 heavy (non-hydrogen) atoms. The lowest BCUT2D eigenvalue weighted by molar-refractivity contribution is 0.0773. The molecule has 3 N–H and O–H groups in total. The van der Waals surface area contributed by atoms with Gasteiger partial charge in [-0.25, -0.2) is 13.1 Å². The summed E-state index contributed by atoms with van der Waals surface area (Å²) in [5.74, 6) is 0.207. The van der Waals surface area contributed by atoms with Crippen molar-refractivity contribution in [2.75, 3.05) is 19.6 Å². The number of hydrogen-bond acceptors (Lipinski definition) is 4. The Bertz CT molecular complexity index is 667. The summed E-state index contributed by atoms with van der Waals surface area (Å²) in [5, 5.41) is 0. The fourth-order valence-corrected chi connectivity index (χ4v) is 4.35. The molecule has 0 radical (unpaired) electrons. The number of nitrogens with one attached hydrogen (secondary N) is 1. The van der Waals surface area contributed by atoms with Crippen LogP contribution in [0.15, 0.2) is 29.2 Å². The van der Waals surface area contributed by atoms with Crippen LogP contribution in [0, 0.1) is 5.92 Å². The van der Waals surface area contributed by atoms with Gasteiger partial charge >= 0.3 is 0 Å². The first-order valence-electron chi connectivity index (χ1n) is 8.72. The maximum atomic E-state index is 12.7. The summed E-state index contributed by atoms with van der Waals surface area (Å²) in [6, 6.07) is 6.03. The van der Waals surface area contributed by atoms with Crippen molar-refractivity contribution in [3.63, 3.8) is 0 Å². The van der Waals surface area contributed by atoms with Crippen LogP contribution >= 0.6 is 0 Å². The maximum absolute atomic E-state index is 12.7. The first-order chi connectivity index (χ1) is 11.6. The second kappa shape index (κ2) is 8.78. The van der Waals surface area contributed by atoms with Gasteiger partial charge in [-0.2, -0.15) is 0 Å². The second-order valence-electron chi connectivity index (χ2n) is 6.97. The molecule has 0 aliphatic heterocycles. The Hall–Kier alpha value is -1.44. The molecule has 0 aliphatic rings. The SMILES string of the molecule is CCN(CC)C(=O)c1ccc(S(=O)(=O)NC(C)(CN)CC(C)C)cc1. The van der Waals surface area contributed by atoms with E-state index in [4.69, 9.17) is 5.73 Å². The molecule has 0 saturated carbocycles. The molecule has 7 heteroatoms. The van der Waals surface area contributed by atoms with Gasteiger partial charge < -0.3 is 10.6 Å². The molecule has 142 valence electrons. The third-order valence-corrected chi connectivity index (χ3v) is 5.81. The highest BCUT2D eigenvalue weighted by molar-refractivity contribution is 7.89. The van der Waals surface area contributed by atoms with E-state index < -0.39 is 15.6 Å². The molecule has 6 nitrogen and oxygen atoms in total. The summed E-state index contributed by atoms with van der Waals surface area (Å²) >= 11 is 0. The highest BCUT2D eigenvalue weighted by Gasteiger charge is 2.30. The molecule has 0 bridgehead atoms. The molecular weight excluding hydrogens is 338 g/mol. The van der Waals surface area contributed by atoms with E-state index in [1.165, 1.54) is 12.1 Å². The van der Waals surface area contributed by atoms with E-state index in [2.05, 4.69) is 4.72 Å². The number of amides is 1. The van der Waals surface area contributed by atoms with Crippen LogP contribution in [0.1, 0.15) is 51.4 Å². The number of carbonyl (C=O) groups excluding carboxylic acids is 1. The minimum absolute atomic E-state index is 0.103. The van der Waals surface area contributed by atoms with Crippen molar-refractivity contribution >= 4 is 15.9 Å². The standard InChI is InChI=1S/C18H31N3O3S/c1-6-21(7-2)17(22)15-8-10-16(11-9-15)25(23,24)20-18(5,13-19)12-14(3)4/h8-11,14,20H,6-7,12-13,19H2,1-5H3. The normalized spacial score (nSPS) is 14.4. The minimum Gasteiger partial charge on any atom is -0.339 e. The highest BCUT2D eigenvalue weighted by Crippen LogP contribution is 2.20. The molecule has 0 saturated heterocycles. The molecular formula is C18H31N3O3S. The van der Waals surface area contributed by atoms with Gasteiger partial charge in [0.2, 0.25) is 10.0 Å². The Labute approximate surface area is 151 Å². The molecule has 1 unspecified atom stereocenters. The maximum Gasteiger partial charge on any atom is 0.253 e. The fraction of sp³-hybridized carbons (Fsp3) is 0.611. The summed E-state index contributed by atoms with van der Waals surface area (Å²) in [6.07, 6.45) is 0.640.